The third-order valence-electron chi connectivity index (χ3n) is 4.55. The minimum absolute atomic E-state index is 0.0995. The molecule has 0 aliphatic heterocycles. The van der Waals surface area contributed by atoms with Crippen molar-refractivity contribution in [3.05, 3.63) is 82.4 Å². The molecule has 9 nitrogen and oxygen atoms in total. The van der Waals surface area contributed by atoms with Gasteiger partial charge in [0, 0.05) is 23.1 Å². The van der Waals surface area contributed by atoms with Gasteiger partial charge in [-0.1, -0.05) is 48.5 Å². The Morgan fingerprint density at radius 2 is 1.77 bits per heavy atom. The molecule has 10 heteroatoms. The van der Waals surface area contributed by atoms with Crippen LogP contribution in [-0.4, -0.2) is 37.8 Å². The van der Waals surface area contributed by atoms with Gasteiger partial charge in [0.25, 0.3) is 11.6 Å². The van der Waals surface area contributed by atoms with Gasteiger partial charge in [-0.15, -0.1) is 0 Å². The molecule has 0 heterocycles. The van der Waals surface area contributed by atoms with E-state index >= 15 is 0 Å². The lowest BCUT2D eigenvalue weighted by atomic mass is 10.1. The average Bonchev–Trinajstić information content (AvgIpc) is 2.74. The van der Waals surface area contributed by atoms with Gasteiger partial charge < -0.3 is 0 Å². The van der Waals surface area contributed by atoms with Crippen LogP contribution < -0.4 is 9.73 Å². The van der Waals surface area contributed by atoms with Crippen molar-refractivity contribution in [2.75, 3.05) is 17.1 Å². The summed E-state index contributed by atoms with van der Waals surface area (Å²) < 4.78 is 25.9. The molecule has 0 fully saturated rings. The topological polar surface area (TPSA) is 122 Å². The van der Waals surface area contributed by atoms with Crippen molar-refractivity contribution in [3.8, 4) is 0 Å². The Labute approximate surface area is 179 Å². The average molecular weight is 440 g/mol. The molecule has 1 N–H and O–H groups in total. The number of hydrazone groups is 1. The van der Waals surface area contributed by atoms with Crippen LogP contribution in [0.2, 0.25) is 0 Å². The minimum Gasteiger partial charge on any atom is -0.271 e. The summed E-state index contributed by atoms with van der Waals surface area (Å²) in [7, 11) is -3.76. The first kappa shape index (κ1) is 21.9. The third-order valence-corrected chi connectivity index (χ3v) is 5.67. The number of fused-ring (bicyclic) bond motifs is 1. The monoisotopic (exact) mass is 440 g/mol. The van der Waals surface area contributed by atoms with Crippen molar-refractivity contribution < 1.29 is 18.1 Å². The van der Waals surface area contributed by atoms with Crippen molar-refractivity contribution in [2.45, 2.75) is 6.92 Å². The van der Waals surface area contributed by atoms with Gasteiger partial charge in [-0.2, -0.15) is 5.10 Å². The number of anilines is 1. The smallest absolute Gasteiger partial charge is 0.270 e. The van der Waals surface area contributed by atoms with Crippen LogP contribution in [0.1, 0.15) is 12.5 Å². The van der Waals surface area contributed by atoms with E-state index in [0.29, 0.717) is 22.3 Å². The van der Waals surface area contributed by atoms with Gasteiger partial charge in [-0.25, -0.2) is 13.8 Å². The van der Waals surface area contributed by atoms with E-state index in [1.165, 1.54) is 18.2 Å². The van der Waals surface area contributed by atoms with E-state index in [4.69, 9.17) is 0 Å². The molecule has 3 aromatic rings. The maximum Gasteiger partial charge on any atom is 0.270 e. The molecule has 3 aromatic carbocycles. The number of amides is 1. The van der Waals surface area contributed by atoms with E-state index in [1.54, 1.807) is 37.3 Å². The number of non-ortho nitro benzene ring substituents is 1. The zero-order valence-corrected chi connectivity index (χ0v) is 17.7. The molecule has 160 valence electrons. The second kappa shape index (κ2) is 8.92. The first-order chi connectivity index (χ1) is 14.7. The predicted molar refractivity (Wildman–Crippen MR) is 120 cm³/mol. The quantitative estimate of drug-likeness (QED) is 0.344. The van der Waals surface area contributed by atoms with Crippen molar-refractivity contribution in [1.29, 1.82) is 0 Å². The summed E-state index contributed by atoms with van der Waals surface area (Å²) in [4.78, 5) is 22.9. The van der Waals surface area contributed by atoms with Gasteiger partial charge in [0.05, 0.1) is 22.6 Å². The maximum absolute atomic E-state index is 12.5. The van der Waals surface area contributed by atoms with E-state index in [2.05, 4.69) is 10.5 Å². The van der Waals surface area contributed by atoms with Gasteiger partial charge in [0.2, 0.25) is 10.0 Å². The number of sulfonamides is 1. The van der Waals surface area contributed by atoms with Crippen molar-refractivity contribution >= 4 is 43.8 Å². The molecule has 0 saturated heterocycles. The number of rotatable bonds is 7. The first-order valence-electron chi connectivity index (χ1n) is 9.20. The Morgan fingerprint density at radius 1 is 1.10 bits per heavy atom. The summed E-state index contributed by atoms with van der Waals surface area (Å²) in [6.45, 7) is 1.11. The Balaban J connectivity index is 1.83. The summed E-state index contributed by atoms with van der Waals surface area (Å²) >= 11 is 0. The third kappa shape index (κ3) is 5.23. The number of nitro groups is 1. The molecule has 31 heavy (non-hydrogen) atoms. The normalized spacial score (nSPS) is 11.9. The molecule has 0 atom stereocenters. The lowest BCUT2D eigenvalue weighted by Crippen LogP contribution is -2.39. The van der Waals surface area contributed by atoms with Gasteiger partial charge in [-0.3, -0.25) is 19.2 Å². The zero-order valence-electron chi connectivity index (χ0n) is 16.8. The Hall–Kier alpha value is -3.79. The molecule has 0 aliphatic rings. The van der Waals surface area contributed by atoms with Crippen molar-refractivity contribution in [2.24, 2.45) is 5.10 Å². The number of hydrogen-bond acceptors (Lipinski definition) is 6. The summed E-state index contributed by atoms with van der Waals surface area (Å²) in [6, 6.07) is 18.3. The first-order valence-corrected chi connectivity index (χ1v) is 11.0. The molecule has 0 bridgehead atoms. The lowest BCUT2D eigenvalue weighted by Gasteiger charge is -2.23. The highest BCUT2D eigenvalue weighted by Gasteiger charge is 2.22. The second-order valence-electron chi connectivity index (χ2n) is 6.81. The van der Waals surface area contributed by atoms with Crippen molar-refractivity contribution in [3.63, 3.8) is 0 Å². The molecule has 0 aromatic heterocycles. The largest absolute Gasteiger partial charge is 0.271 e. The summed E-state index contributed by atoms with van der Waals surface area (Å²) in [5.74, 6) is -0.650. The van der Waals surface area contributed by atoms with Crippen LogP contribution in [0.4, 0.5) is 11.4 Å². The zero-order chi connectivity index (χ0) is 22.6. The molecule has 3 rings (SSSR count). The van der Waals surface area contributed by atoms with Crippen LogP contribution in [0.25, 0.3) is 10.8 Å². The molecular weight excluding hydrogens is 420 g/mol. The standard InChI is InChI=1S/C21H20N4O5S/c1-15(17-9-5-10-18(13-17)25(27)28)22-23-21(26)14-24(31(2,29)30)20-12-6-8-16-7-3-4-11-19(16)20/h3-13H,14H2,1-2H3,(H,23,26)/b22-15+. The van der Waals surface area contributed by atoms with Crippen LogP contribution in [0.5, 0.6) is 0 Å². The van der Waals surface area contributed by atoms with E-state index in [-0.39, 0.29) is 5.69 Å². The molecule has 0 unspecified atom stereocenters. The SMILES string of the molecule is C/C(=N\NC(=O)CN(c1cccc2ccccc12)S(C)(=O)=O)c1cccc([N+](=O)[O-])c1. The summed E-state index contributed by atoms with van der Waals surface area (Å²) in [5, 5.41) is 16.4. The fourth-order valence-corrected chi connectivity index (χ4v) is 3.90. The molecule has 0 spiro atoms. The summed E-state index contributed by atoms with van der Waals surface area (Å²) in [6.07, 6.45) is 1.03. The fraction of sp³-hybridized carbons (Fsp3) is 0.143. The highest BCUT2D eigenvalue weighted by molar-refractivity contribution is 7.92. The number of carbonyl (C=O) groups excluding carboxylic acids is 1. The molecule has 0 aliphatic carbocycles. The van der Waals surface area contributed by atoms with E-state index < -0.39 is 27.4 Å². The van der Waals surface area contributed by atoms with Gasteiger partial charge in [-0.05, 0) is 18.4 Å². The van der Waals surface area contributed by atoms with E-state index in [0.717, 1.165) is 15.9 Å². The highest BCUT2D eigenvalue weighted by Crippen LogP contribution is 2.28. The van der Waals surface area contributed by atoms with Crippen LogP contribution in [0.3, 0.4) is 0 Å². The Morgan fingerprint density at radius 3 is 2.48 bits per heavy atom. The van der Waals surface area contributed by atoms with Crippen LogP contribution in [0.15, 0.2) is 71.8 Å². The second-order valence-corrected chi connectivity index (χ2v) is 8.71. The van der Waals surface area contributed by atoms with E-state index in [1.807, 2.05) is 18.2 Å². The fourth-order valence-electron chi connectivity index (χ4n) is 3.03. The van der Waals surface area contributed by atoms with E-state index in [9.17, 15) is 23.3 Å². The van der Waals surface area contributed by atoms with Crippen LogP contribution in [-0.2, 0) is 14.8 Å². The van der Waals surface area contributed by atoms with Crippen LogP contribution in [0, 0.1) is 10.1 Å². The number of nitro benzene ring substituents is 1. The van der Waals surface area contributed by atoms with Gasteiger partial charge >= 0.3 is 0 Å². The minimum atomic E-state index is -3.76. The number of carbonyl (C=O) groups is 1. The van der Waals surface area contributed by atoms with Gasteiger partial charge in [0.15, 0.2) is 0 Å². The number of hydrogen-bond donors (Lipinski definition) is 1. The number of benzene rings is 3. The number of nitrogens with one attached hydrogen (secondary N) is 1. The maximum atomic E-state index is 12.5. The van der Waals surface area contributed by atoms with Gasteiger partial charge in [0.1, 0.15) is 6.54 Å². The molecule has 1 amide bonds. The predicted octanol–water partition coefficient (Wildman–Crippen LogP) is 3.05. The summed E-state index contributed by atoms with van der Waals surface area (Å²) in [5.41, 5.74) is 3.41. The number of nitrogens with zero attached hydrogens (tertiary/aromatic N) is 3. The lowest BCUT2D eigenvalue weighted by molar-refractivity contribution is -0.384. The molecule has 0 radical (unpaired) electrons. The molecule has 0 saturated carbocycles. The molecular formula is C21H20N4O5S. The van der Waals surface area contributed by atoms with Crippen LogP contribution >= 0.6 is 0 Å². The highest BCUT2D eigenvalue weighted by atomic mass is 32.2. The Kier molecular flexibility index (Phi) is 6.30. The Bertz CT molecular complexity index is 1280. The van der Waals surface area contributed by atoms with Crippen molar-refractivity contribution in [1.82, 2.24) is 5.43 Å².